The van der Waals surface area contributed by atoms with Gasteiger partial charge < -0.3 is 0 Å². The zero-order chi connectivity index (χ0) is 27.0. The summed E-state index contributed by atoms with van der Waals surface area (Å²) in [5.74, 6) is 11.0. The molecule has 0 saturated carbocycles. The summed E-state index contributed by atoms with van der Waals surface area (Å²) in [5.41, 5.74) is -3.44. The molecule has 0 aliphatic heterocycles. The van der Waals surface area contributed by atoms with Crippen molar-refractivity contribution in [3.8, 4) is 23.7 Å². The van der Waals surface area contributed by atoms with Crippen LogP contribution in [0.5, 0.6) is 0 Å². The lowest BCUT2D eigenvalue weighted by Gasteiger charge is -2.19. The van der Waals surface area contributed by atoms with E-state index in [1.165, 1.54) is 38.1 Å². The van der Waals surface area contributed by atoms with E-state index in [0.29, 0.717) is 0 Å². The lowest BCUT2D eigenvalue weighted by Crippen LogP contribution is -2.13. The molecule has 0 aromatic heterocycles. The third-order valence-electron chi connectivity index (χ3n) is 4.66. The van der Waals surface area contributed by atoms with Gasteiger partial charge in [0.1, 0.15) is 0 Å². The monoisotopic (exact) mass is 510 g/mol. The lowest BCUT2D eigenvalue weighted by molar-refractivity contribution is -0.139. The van der Waals surface area contributed by atoms with Crippen molar-refractivity contribution in [3.05, 3.63) is 57.6 Å². The first-order chi connectivity index (χ1) is 15.7. The topological polar surface area (TPSA) is 0 Å². The Morgan fingerprint density at radius 2 is 0.886 bits per heavy atom. The molecule has 0 unspecified atom stereocenters. The van der Waals surface area contributed by atoms with E-state index in [0.717, 1.165) is 11.8 Å². The second-order valence-electron chi connectivity index (χ2n) is 10.4. The summed E-state index contributed by atoms with van der Waals surface area (Å²) in [6, 6.07) is 5.56. The molecule has 0 atom stereocenters. The molecule has 7 heteroatoms. The summed E-state index contributed by atoms with van der Waals surface area (Å²) in [6.07, 6.45) is -9.36. The van der Waals surface area contributed by atoms with Gasteiger partial charge in [-0.2, -0.15) is 26.3 Å². The van der Waals surface area contributed by atoms with E-state index in [2.05, 4.69) is 23.7 Å². The van der Waals surface area contributed by atoms with Crippen LogP contribution < -0.4 is 0 Å². The van der Waals surface area contributed by atoms with Crippen molar-refractivity contribution in [2.45, 2.75) is 77.5 Å². The fraction of sp³-hybridized carbons (Fsp3) is 0.429. The molecule has 0 heterocycles. The summed E-state index contributed by atoms with van der Waals surface area (Å²) < 4.78 is 84.0. The second-order valence-corrected chi connectivity index (χ2v) is 11.4. The number of aryl methyl sites for hydroxylation is 2. The Balaban J connectivity index is 2.89. The largest absolute Gasteiger partial charge is 0.417 e. The molecule has 0 radical (unpaired) electrons. The van der Waals surface area contributed by atoms with Crippen molar-refractivity contribution in [1.82, 2.24) is 0 Å². The number of halogens is 6. The number of rotatable bonds is 2. The van der Waals surface area contributed by atoms with Crippen molar-refractivity contribution >= 4 is 11.8 Å². The molecule has 2 aromatic carbocycles. The van der Waals surface area contributed by atoms with Crippen LogP contribution >= 0.6 is 11.8 Å². The van der Waals surface area contributed by atoms with Gasteiger partial charge in [0.05, 0.1) is 22.3 Å². The van der Waals surface area contributed by atoms with Crippen LogP contribution in [0.1, 0.15) is 74.9 Å². The maximum Gasteiger partial charge on any atom is 0.417 e. The Labute approximate surface area is 207 Å². The van der Waals surface area contributed by atoms with E-state index in [9.17, 15) is 26.3 Å². The molecule has 0 fully saturated rings. The Morgan fingerprint density at radius 3 is 1.14 bits per heavy atom. The van der Waals surface area contributed by atoms with Crippen LogP contribution in [0.3, 0.4) is 0 Å². The van der Waals surface area contributed by atoms with Crippen molar-refractivity contribution in [3.63, 3.8) is 0 Å². The number of hydrogen-bond acceptors (Lipinski definition) is 1. The van der Waals surface area contributed by atoms with Gasteiger partial charge in [0.2, 0.25) is 0 Å². The van der Waals surface area contributed by atoms with Crippen LogP contribution in [-0.2, 0) is 12.4 Å². The molecule has 0 nitrogen and oxygen atoms in total. The summed E-state index contributed by atoms with van der Waals surface area (Å²) in [7, 11) is 0. The molecule has 0 spiro atoms. The first kappa shape index (κ1) is 28.7. The van der Waals surface area contributed by atoms with Crippen LogP contribution in [0.15, 0.2) is 34.1 Å². The van der Waals surface area contributed by atoms with Gasteiger partial charge in [-0.3, -0.25) is 0 Å². The third-order valence-corrected chi connectivity index (χ3v) is 5.78. The number of alkyl halides is 6. The highest BCUT2D eigenvalue weighted by molar-refractivity contribution is 7.99. The first-order valence-electron chi connectivity index (χ1n) is 10.9. The molecule has 188 valence electrons. The molecule has 0 N–H and O–H groups in total. The van der Waals surface area contributed by atoms with Gasteiger partial charge in [0.25, 0.3) is 0 Å². The summed E-state index contributed by atoms with van der Waals surface area (Å²) in [4.78, 5) is 0.242. The molecule has 2 aromatic rings. The minimum atomic E-state index is -4.68. The third kappa shape index (κ3) is 7.74. The van der Waals surface area contributed by atoms with Gasteiger partial charge in [-0.1, -0.05) is 47.6 Å². The van der Waals surface area contributed by atoms with Crippen LogP contribution in [0, 0.1) is 48.4 Å². The fourth-order valence-corrected chi connectivity index (χ4v) is 4.16. The minimum absolute atomic E-state index is 0.00677. The molecule has 0 saturated heterocycles. The Hall–Kier alpha value is -2.51. The summed E-state index contributed by atoms with van der Waals surface area (Å²) in [6.45, 7) is 13.3. The molecule has 0 aliphatic rings. The molecule has 0 bridgehead atoms. The van der Waals surface area contributed by atoms with Gasteiger partial charge >= 0.3 is 12.4 Å². The predicted molar refractivity (Wildman–Crippen MR) is 129 cm³/mol. The number of hydrogen-bond donors (Lipinski definition) is 0. The normalized spacial score (nSPS) is 12.5. The van der Waals surface area contributed by atoms with Gasteiger partial charge in [-0.15, -0.1) is 0 Å². The van der Waals surface area contributed by atoms with E-state index in [4.69, 9.17) is 0 Å². The van der Waals surface area contributed by atoms with E-state index >= 15 is 0 Å². The van der Waals surface area contributed by atoms with Gasteiger partial charge in [-0.05, 0) is 78.6 Å². The molecular weight excluding hydrogens is 482 g/mol. The summed E-state index contributed by atoms with van der Waals surface area (Å²) >= 11 is 0.815. The van der Waals surface area contributed by atoms with E-state index < -0.39 is 34.3 Å². The van der Waals surface area contributed by atoms with Gasteiger partial charge in [0.15, 0.2) is 0 Å². The van der Waals surface area contributed by atoms with Crippen molar-refractivity contribution in [2.24, 2.45) is 10.8 Å². The van der Waals surface area contributed by atoms with Crippen molar-refractivity contribution in [2.75, 3.05) is 0 Å². The average Bonchev–Trinajstić information content (AvgIpc) is 2.64. The standard InChI is InChI=1S/C28H28F6S/c1-17-9-11-21(19(13-15-25(3,4)5)23(17)27(29,30)31)35-22-12-10-18(2)24(28(32,33)34)20(22)14-16-26(6,7)8/h9-12H,1-8H3. The molecular formula is C28H28F6S. The predicted octanol–water partition coefficient (Wildman–Crippen LogP) is 9.29. The maximum absolute atomic E-state index is 14.0. The molecule has 2 rings (SSSR count). The smallest absolute Gasteiger partial charge is 0.166 e. The Morgan fingerprint density at radius 1 is 0.571 bits per heavy atom. The number of benzene rings is 2. The highest BCUT2D eigenvalue weighted by Crippen LogP contribution is 2.44. The van der Waals surface area contributed by atoms with Crippen LogP contribution in [0.4, 0.5) is 26.3 Å². The van der Waals surface area contributed by atoms with Crippen molar-refractivity contribution in [1.29, 1.82) is 0 Å². The minimum Gasteiger partial charge on any atom is -0.166 e. The van der Waals surface area contributed by atoms with Gasteiger partial charge in [-0.25, -0.2) is 0 Å². The maximum atomic E-state index is 14.0. The zero-order valence-electron chi connectivity index (χ0n) is 21.0. The first-order valence-corrected chi connectivity index (χ1v) is 11.7. The SMILES string of the molecule is Cc1ccc(Sc2ccc(C)c(C(F)(F)F)c2C#CC(C)(C)C)c(C#CC(C)(C)C)c1C(F)(F)F. The molecule has 35 heavy (non-hydrogen) atoms. The van der Waals surface area contributed by atoms with Crippen LogP contribution in [0.25, 0.3) is 0 Å². The Bertz CT molecular complexity index is 1130. The van der Waals surface area contributed by atoms with Crippen LogP contribution in [0.2, 0.25) is 0 Å². The van der Waals surface area contributed by atoms with Crippen molar-refractivity contribution < 1.29 is 26.3 Å². The molecule has 0 aliphatic carbocycles. The zero-order valence-corrected chi connectivity index (χ0v) is 21.8. The van der Waals surface area contributed by atoms with Gasteiger partial charge in [0, 0.05) is 20.6 Å². The van der Waals surface area contributed by atoms with Crippen LogP contribution in [-0.4, -0.2) is 0 Å². The highest BCUT2D eigenvalue weighted by Gasteiger charge is 2.38. The highest BCUT2D eigenvalue weighted by atomic mass is 32.2. The van der Waals surface area contributed by atoms with E-state index in [1.54, 1.807) is 41.5 Å². The van der Waals surface area contributed by atoms with E-state index in [1.807, 2.05) is 0 Å². The van der Waals surface area contributed by atoms with E-state index in [-0.39, 0.29) is 32.0 Å². The lowest BCUT2D eigenvalue weighted by atomic mass is 9.95. The summed E-state index contributed by atoms with van der Waals surface area (Å²) in [5, 5.41) is 0. The fourth-order valence-electron chi connectivity index (χ4n) is 3.14. The Kier molecular flexibility index (Phi) is 8.09. The molecule has 0 amide bonds. The second kappa shape index (κ2) is 9.86. The quantitative estimate of drug-likeness (QED) is 0.287. The average molecular weight is 511 g/mol.